The number of nitriles is 1. The van der Waals surface area contributed by atoms with Crippen molar-refractivity contribution in [2.24, 2.45) is 5.73 Å². The Hall–Kier alpha value is -1.51. The first-order valence-corrected chi connectivity index (χ1v) is 5.12. The first-order chi connectivity index (χ1) is 8.00. The summed E-state index contributed by atoms with van der Waals surface area (Å²) in [5, 5.41) is 8.25. The third kappa shape index (κ3) is 3.22. The summed E-state index contributed by atoms with van der Waals surface area (Å²) in [6.07, 6.45) is -1.59. The fourth-order valence-electron chi connectivity index (χ4n) is 1.45. The molecule has 1 rings (SSSR count). The van der Waals surface area contributed by atoms with E-state index in [0.29, 0.717) is 0 Å². The number of nitrogens with zero attached hydrogens (tertiary/aromatic N) is 1. The Balaban J connectivity index is 2.80. The highest BCUT2D eigenvalue weighted by molar-refractivity contribution is 5.26. The van der Waals surface area contributed by atoms with Gasteiger partial charge in [0.15, 0.2) is 0 Å². The zero-order valence-corrected chi connectivity index (χ0v) is 9.49. The highest BCUT2D eigenvalue weighted by Gasteiger charge is 2.34. The van der Waals surface area contributed by atoms with Crippen molar-refractivity contribution in [1.29, 1.82) is 5.26 Å². The van der Waals surface area contributed by atoms with Crippen LogP contribution in [0.3, 0.4) is 0 Å². The summed E-state index contributed by atoms with van der Waals surface area (Å²) in [5.74, 6) is -0.555. The highest BCUT2D eigenvalue weighted by atomic mass is 19.1. The van der Waals surface area contributed by atoms with Gasteiger partial charge in [-0.2, -0.15) is 5.26 Å². The maximum atomic E-state index is 13.8. The van der Waals surface area contributed by atoms with Crippen LogP contribution in [-0.2, 0) is 10.3 Å². The van der Waals surface area contributed by atoms with Crippen molar-refractivity contribution >= 4 is 0 Å². The number of hydrogen-bond acceptors (Lipinski definition) is 3. The minimum atomic E-state index is -1.59. The van der Waals surface area contributed by atoms with Crippen LogP contribution in [0.2, 0.25) is 0 Å². The maximum absolute atomic E-state index is 13.8. The van der Waals surface area contributed by atoms with Crippen LogP contribution in [-0.4, -0.2) is 19.4 Å². The van der Waals surface area contributed by atoms with E-state index in [4.69, 9.17) is 15.7 Å². The minimum absolute atomic E-state index is 0.0908. The van der Waals surface area contributed by atoms with Gasteiger partial charge in [0.05, 0.1) is 18.2 Å². The molecule has 0 aliphatic carbocycles. The molecule has 0 radical (unpaired) electrons. The maximum Gasteiger partial charge on any atom is 0.145 e. The van der Waals surface area contributed by atoms with Crippen molar-refractivity contribution in [3.63, 3.8) is 0 Å². The van der Waals surface area contributed by atoms with Crippen molar-refractivity contribution in [3.8, 4) is 6.07 Å². The lowest BCUT2D eigenvalue weighted by molar-refractivity contribution is 0.0618. The smallest absolute Gasteiger partial charge is 0.145 e. The second kappa shape index (κ2) is 5.71. The Bertz CT molecular complexity index is 415. The number of alkyl halides is 1. The molecular formula is C12H14F2N2O. The Morgan fingerprint density at radius 1 is 1.53 bits per heavy atom. The van der Waals surface area contributed by atoms with Gasteiger partial charge < -0.3 is 10.5 Å². The Morgan fingerprint density at radius 3 is 2.76 bits per heavy atom. The van der Waals surface area contributed by atoms with Crippen molar-refractivity contribution in [3.05, 3.63) is 35.6 Å². The summed E-state index contributed by atoms with van der Waals surface area (Å²) in [7, 11) is 0. The van der Waals surface area contributed by atoms with Crippen molar-refractivity contribution in [2.75, 3.05) is 13.2 Å². The molecule has 1 aromatic rings. The van der Waals surface area contributed by atoms with Crippen molar-refractivity contribution in [1.82, 2.24) is 0 Å². The molecule has 0 amide bonds. The van der Waals surface area contributed by atoms with Gasteiger partial charge in [-0.25, -0.2) is 8.78 Å². The van der Waals surface area contributed by atoms with E-state index < -0.39 is 17.5 Å². The first kappa shape index (κ1) is 13.6. The number of benzene rings is 1. The summed E-state index contributed by atoms with van der Waals surface area (Å²) >= 11 is 0. The molecular weight excluding hydrogens is 226 g/mol. The molecule has 0 unspecified atom stereocenters. The molecule has 0 aliphatic rings. The zero-order chi connectivity index (χ0) is 12.9. The molecule has 2 atom stereocenters. The van der Waals surface area contributed by atoms with E-state index in [9.17, 15) is 8.78 Å². The molecule has 92 valence electrons. The largest absolute Gasteiger partial charge is 0.363 e. The van der Waals surface area contributed by atoms with Gasteiger partial charge in [-0.1, -0.05) is 18.2 Å². The van der Waals surface area contributed by atoms with E-state index >= 15 is 0 Å². The van der Waals surface area contributed by atoms with Gasteiger partial charge in [-0.15, -0.1) is 0 Å². The predicted molar refractivity (Wildman–Crippen MR) is 59.3 cm³/mol. The molecule has 5 heteroatoms. The van der Waals surface area contributed by atoms with Crippen LogP contribution in [0.25, 0.3) is 0 Å². The fraction of sp³-hybridized carbons (Fsp3) is 0.417. The number of rotatable bonds is 5. The summed E-state index contributed by atoms with van der Waals surface area (Å²) in [5.41, 5.74) is 4.39. The van der Waals surface area contributed by atoms with Gasteiger partial charge in [0.1, 0.15) is 18.6 Å². The molecule has 0 saturated carbocycles. The number of ether oxygens (including phenoxy) is 1. The molecule has 0 heterocycles. The fourth-order valence-corrected chi connectivity index (χ4v) is 1.45. The highest BCUT2D eigenvalue weighted by Crippen LogP contribution is 2.26. The summed E-state index contributed by atoms with van der Waals surface area (Å²) in [6, 6.07) is 7.48. The van der Waals surface area contributed by atoms with E-state index in [0.717, 1.165) is 0 Å². The summed E-state index contributed by atoms with van der Waals surface area (Å²) in [4.78, 5) is 0. The van der Waals surface area contributed by atoms with Crippen LogP contribution in [0.1, 0.15) is 12.5 Å². The van der Waals surface area contributed by atoms with E-state index in [1.807, 2.05) is 0 Å². The lowest BCUT2D eigenvalue weighted by Crippen LogP contribution is -2.45. The van der Waals surface area contributed by atoms with Gasteiger partial charge >= 0.3 is 0 Å². The molecule has 0 fully saturated rings. The second-order valence-electron chi connectivity index (χ2n) is 3.90. The zero-order valence-electron chi connectivity index (χ0n) is 9.49. The SMILES string of the molecule is C[C@@](N)(c1ccccc1F)[C@@H](F)COCC#N. The van der Waals surface area contributed by atoms with E-state index in [1.54, 1.807) is 12.1 Å². The molecule has 0 aliphatic heterocycles. The van der Waals surface area contributed by atoms with E-state index in [-0.39, 0.29) is 18.8 Å². The average Bonchev–Trinajstić information content (AvgIpc) is 2.29. The number of halogens is 2. The Kier molecular flexibility index (Phi) is 4.55. The second-order valence-corrected chi connectivity index (χ2v) is 3.90. The monoisotopic (exact) mass is 240 g/mol. The van der Waals surface area contributed by atoms with Crippen LogP contribution < -0.4 is 5.73 Å². The molecule has 0 bridgehead atoms. The quantitative estimate of drug-likeness (QED) is 0.799. The molecule has 0 saturated heterocycles. The summed E-state index contributed by atoms with van der Waals surface area (Å²) < 4.78 is 32.1. The van der Waals surface area contributed by atoms with Crippen LogP contribution >= 0.6 is 0 Å². The van der Waals surface area contributed by atoms with Gasteiger partial charge in [0.25, 0.3) is 0 Å². The lowest BCUT2D eigenvalue weighted by atomic mass is 9.88. The lowest BCUT2D eigenvalue weighted by Gasteiger charge is -2.29. The van der Waals surface area contributed by atoms with E-state index in [2.05, 4.69) is 0 Å². The van der Waals surface area contributed by atoms with Gasteiger partial charge in [0.2, 0.25) is 0 Å². The molecule has 0 spiro atoms. The normalized spacial score (nSPS) is 15.9. The molecule has 2 N–H and O–H groups in total. The standard InChI is InChI=1S/C12H14F2N2O/c1-12(16,11(14)8-17-7-6-15)9-4-2-3-5-10(9)13/h2-5,11H,7-8,16H2,1H3/t11-,12+/m0/s1. The minimum Gasteiger partial charge on any atom is -0.363 e. The number of nitrogens with two attached hydrogens (primary N) is 1. The average molecular weight is 240 g/mol. The summed E-state index contributed by atoms with van der Waals surface area (Å²) in [6.45, 7) is 0.842. The van der Waals surface area contributed by atoms with Gasteiger partial charge in [-0.05, 0) is 13.0 Å². The molecule has 0 aromatic heterocycles. The van der Waals surface area contributed by atoms with E-state index in [1.165, 1.54) is 25.1 Å². The predicted octanol–water partition coefficient (Wildman–Crippen LogP) is 1.88. The number of hydrogen-bond donors (Lipinski definition) is 1. The van der Waals surface area contributed by atoms with Crippen LogP contribution in [0.15, 0.2) is 24.3 Å². The molecule has 17 heavy (non-hydrogen) atoms. The first-order valence-electron chi connectivity index (χ1n) is 5.12. The van der Waals surface area contributed by atoms with Gasteiger partial charge in [-0.3, -0.25) is 0 Å². The van der Waals surface area contributed by atoms with Gasteiger partial charge in [0, 0.05) is 5.56 Å². The van der Waals surface area contributed by atoms with Crippen LogP contribution in [0.5, 0.6) is 0 Å². The van der Waals surface area contributed by atoms with Crippen molar-refractivity contribution in [2.45, 2.75) is 18.6 Å². The van der Waals surface area contributed by atoms with Crippen LogP contribution in [0.4, 0.5) is 8.78 Å². The molecule has 3 nitrogen and oxygen atoms in total. The van der Waals surface area contributed by atoms with Crippen LogP contribution in [0, 0.1) is 17.1 Å². The molecule has 1 aromatic carbocycles. The third-order valence-corrected chi connectivity index (χ3v) is 2.54. The Morgan fingerprint density at radius 2 is 2.18 bits per heavy atom. The Labute approximate surface area is 98.8 Å². The topological polar surface area (TPSA) is 59.0 Å². The third-order valence-electron chi connectivity index (χ3n) is 2.54. The van der Waals surface area contributed by atoms with Crippen molar-refractivity contribution < 1.29 is 13.5 Å².